The number of phenols is 1. The summed E-state index contributed by atoms with van der Waals surface area (Å²) in [6, 6.07) is 4.49. The second kappa shape index (κ2) is 6.39. The van der Waals surface area contributed by atoms with Crippen LogP contribution < -0.4 is 0 Å². The van der Waals surface area contributed by atoms with Crippen molar-refractivity contribution in [3.8, 4) is 5.75 Å². The van der Waals surface area contributed by atoms with E-state index in [9.17, 15) is 14.7 Å². The predicted octanol–water partition coefficient (Wildman–Crippen LogP) is 2.09. The number of phenolic OH excluding ortho intramolecular Hbond substituents is 1. The van der Waals surface area contributed by atoms with Crippen molar-refractivity contribution in [2.24, 2.45) is 0 Å². The Balaban J connectivity index is 2.97. The average molecular weight is 316 g/mol. The number of carbonyl (C=O) groups excluding carboxylic acids is 1. The van der Waals surface area contributed by atoms with Crippen LogP contribution in [-0.4, -0.2) is 40.1 Å². The summed E-state index contributed by atoms with van der Waals surface area (Å²) in [5.74, 6) is -1.72. The Labute approximate surface area is 113 Å². The van der Waals surface area contributed by atoms with Gasteiger partial charge in [0.25, 0.3) is 5.91 Å². The Bertz CT molecular complexity index is 461. The largest absolute Gasteiger partial charge is 0.507 e. The molecule has 6 heteroatoms. The zero-order valence-corrected chi connectivity index (χ0v) is 11.5. The molecule has 0 saturated carbocycles. The number of aromatic hydroxyl groups is 1. The number of rotatable bonds is 5. The molecule has 0 unspecified atom stereocenters. The standard InChI is InChI=1S/C12H14BrNO4/c1-2-5-14(7-11(16)17)12(18)9-4-3-8(13)6-10(9)15/h3-4,6,15H,2,5,7H2,1H3,(H,16,17). The first-order valence-corrected chi connectivity index (χ1v) is 6.24. The summed E-state index contributed by atoms with van der Waals surface area (Å²) >= 11 is 3.17. The molecule has 0 aliphatic carbocycles. The number of halogens is 1. The molecule has 0 bridgehead atoms. The van der Waals surface area contributed by atoms with E-state index in [0.29, 0.717) is 17.4 Å². The fraction of sp³-hybridized carbons (Fsp3) is 0.333. The van der Waals surface area contributed by atoms with Gasteiger partial charge in [-0.25, -0.2) is 0 Å². The lowest BCUT2D eigenvalue weighted by atomic mass is 10.1. The Morgan fingerprint density at radius 2 is 2.06 bits per heavy atom. The number of carboxylic acids is 1. The molecule has 1 rings (SSSR count). The Kier molecular flexibility index (Phi) is 5.15. The second-order valence-corrected chi connectivity index (χ2v) is 4.70. The lowest BCUT2D eigenvalue weighted by Gasteiger charge is -2.20. The summed E-state index contributed by atoms with van der Waals surface area (Å²) in [7, 11) is 0. The normalized spacial score (nSPS) is 10.1. The quantitative estimate of drug-likeness (QED) is 0.872. The molecule has 18 heavy (non-hydrogen) atoms. The molecule has 0 atom stereocenters. The van der Waals surface area contributed by atoms with E-state index in [4.69, 9.17) is 5.11 Å². The van der Waals surface area contributed by atoms with Gasteiger partial charge in [0.2, 0.25) is 0 Å². The van der Waals surface area contributed by atoms with Gasteiger partial charge in [0, 0.05) is 11.0 Å². The van der Waals surface area contributed by atoms with Crippen LogP contribution in [0.3, 0.4) is 0 Å². The molecule has 0 aliphatic heterocycles. The maximum atomic E-state index is 12.1. The monoisotopic (exact) mass is 315 g/mol. The maximum absolute atomic E-state index is 12.1. The second-order valence-electron chi connectivity index (χ2n) is 3.78. The highest BCUT2D eigenvalue weighted by Crippen LogP contribution is 2.23. The molecule has 1 amide bonds. The van der Waals surface area contributed by atoms with Crippen LogP contribution >= 0.6 is 15.9 Å². The Hall–Kier alpha value is -1.56. The van der Waals surface area contributed by atoms with Gasteiger partial charge >= 0.3 is 5.97 Å². The third-order valence-corrected chi connectivity index (χ3v) is 2.79. The first-order chi connectivity index (χ1) is 8.45. The fourth-order valence-corrected chi connectivity index (χ4v) is 1.89. The number of hydrogen-bond acceptors (Lipinski definition) is 3. The van der Waals surface area contributed by atoms with E-state index in [1.165, 1.54) is 17.0 Å². The molecule has 5 nitrogen and oxygen atoms in total. The van der Waals surface area contributed by atoms with E-state index in [-0.39, 0.29) is 17.9 Å². The summed E-state index contributed by atoms with van der Waals surface area (Å²) in [4.78, 5) is 24.0. The molecule has 0 spiro atoms. The number of benzene rings is 1. The summed E-state index contributed by atoms with van der Waals surface area (Å²) in [5, 5.41) is 18.4. The first kappa shape index (κ1) is 14.5. The molecule has 2 N–H and O–H groups in total. The van der Waals surface area contributed by atoms with Gasteiger partial charge in [-0.1, -0.05) is 22.9 Å². The van der Waals surface area contributed by atoms with Crippen LogP contribution in [0.2, 0.25) is 0 Å². The van der Waals surface area contributed by atoms with Crippen LogP contribution in [-0.2, 0) is 4.79 Å². The number of nitrogens with zero attached hydrogens (tertiary/aromatic N) is 1. The van der Waals surface area contributed by atoms with Gasteiger partial charge in [0.1, 0.15) is 12.3 Å². The smallest absolute Gasteiger partial charge is 0.323 e. The summed E-state index contributed by atoms with van der Waals surface area (Å²) < 4.78 is 0.650. The third kappa shape index (κ3) is 3.73. The van der Waals surface area contributed by atoms with Crippen LogP contribution in [0.5, 0.6) is 5.75 Å². The zero-order valence-electron chi connectivity index (χ0n) is 9.89. The van der Waals surface area contributed by atoms with Crippen LogP contribution in [0.1, 0.15) is 23.7 Å². The zero-order chi connectivity index (χ0) is 13.7. The number of hydrogen-bond donors (Lipinski definition) is 2. The predicted molar refractivity (Wildman–Crippen MR) is 69.6 cm³/mol. The lowest BCUT2D eigenvalue weighted by molar-refractivity contribution is -0.137. The van der Waals surface area contributed by atoms with Gasteiger partial charge in [-0.3, -0.25) is 9.59 Å². The minimum absolute atomic E-state index is 0.105. The first-order valence-electron chi connectivity index (χ1n) is 5.45. The van der Waals surface area contributed by atoms with Gasteiger partial charge in [0.05, 0.1) is 5.56 Å². The highest BCUT2D eigenvalue weighted by Gasteiger charge is 2.20. The topological polar surface area (TPSA) is 77.8 Å². The van der Waals surface area contributed by atoms with Gasteiger partial charge in [-0.2, -0.15) is 0 Å². The molecule has 0 fully saturated rings. The Morgan fingerprint density at radius 1 is 1.39 bits per heavy atom. The fourth-order valence-electron chi connectivity index (χ4n) is 1.54. The van der Waals surface area contributed by atoms with Crippen molar-refractivity contribution >= 4 is 27.8 Å². The van der Waals surface area contributed by atoms with E-state index in [1.807, 2.05) is 6.92 Å². The molecule has 1 aromatic rings. The van der Waals surface area contributed by atoms with Crippen molar-refractivity contribution in [1.82, 2.24) is 4.90 Å². The van der Waals surface area contributed by atoms with Crippen molar-refractivity contribution in [1.29, 1.82) is 0 Å². The summed E-state index contributed by atoms with van der Waals surface area (Å²) in [6.07, 6.45) is 0.649. The van der Waals surface area contributed by atoms with Gasteiger partial charge < -0.3 is 15.1 Å². The number of carbonyl (C=O) groups is 2. The van der Waals surface area contributed by atoms with Crippen molar-refractivity contribution < 1.29 is 19.8 Å². The van der Waals surface area contributed by atoms with E-state index < -0.39 is 11.9 Å². The molecule has 1 aromatic carbocycles. The van der Waals surface area contributed by atoms with E-state index in [2.05, 4.69) is 15.9 Å². The van der Waals surface area contributed by atoms with Crippen molar-refractivity contribution in [2.45, 2.75) is 13.3 Å². The van der Waals surface area contributed by atoms with E-state index >= 15 is 0 Å². The molecule has 0 saturated heterocycles. The molecule has 0 radical (unpaired) electrons. The summed E-state index contributed by atoms with van der Waals surface area (Å²) in [6.45, 7) is 1.81. The highest BCUT2D eigenvalue weighted by atomic mass is 79.9. The number of carboxylic acid groups (broad SMARTS) is 1. The molecular weight excluding hydrogens is 302 g/mol. The van der Waals surface area contributed by atoms with Gasteiger partial charge in [-0.05, 0) is 24.6 Å². The van der Waals surface area contributed by atoms with Gasteiger partial charge in [-0.15, -0.1) is 0 Å². The van der Waals surface area contributed by atoms with E-state index in [1.54, 1.807) is 6.07 Å². The highest BCUT2D eigenvalue weighted by molar-refractivity contribution is 9.10. The Morgan fingerprint density at radius 3 is 2.56 bits per heavy atom. The van der Waals surface area contributed by atoms with E-state index in [0.717, 1.165) is 0 Å². The number of amides is 1. The van der Waals surface area contributed by atoms with Crippen molar-refractivity contribution in [3.05, 3.63) is 28.2 Å². The van der Waals surface area contributed by atoms with Crippen molar-refractivity contribution in [3.63, 3.8) is 0 Å². The van der Waals surface area contributed by atoms with Crippen LogP contribution in [0.25, 0.3) is 0 Å². The molecule has 98 valence electrons. The average Bonchev–Trinajstić information content (AvgIpc) is 2.27. The van der Waals surface area contributed by atoms with Crippen LogP contribution in [0, 0.1) is 0 Å². The maximum Gasteiger partial charge on any atom is 0.323 e. The molecular formula is C12H14BrNO4. The molecule has 0 aliphatic rings. The minimum atomic E-state index is -1.08. The summed E-state index contributed by atoms with van der Waals surface area (Å²) in [5.41, 5.74) is 0.105. The van der Waals surface area contributed by atoms with Crippen LogP contribution in [0.4, 0.5) is 0 Å². The third-order valence-electron chi connectivity index (χ3n) is 2.30. The molecule has 0 heterocycles. The minimum Gasteiger partial charge on any atom is -0.507 e. The molecule has 0 aromatic heterocycles. The number of aliphatic carboxylic acids is 1. The van der Waals surface area contributed by atoms with Crippen LogP contribution in [0.15, 0.2) is 22.7 Å². The lowest BCUT2D eigenvalue weighted by Crippen LogP contribution is -2.36. The SMILES string of the molecule is CCCN(CC(=O)O)C(=O)c1ccc(Br)cc1O. The van der Waals surface area contributed by atoms with Crippen molar-refractivity contribution in [2.75, 3.05) is 13.1 Å². The van der Waals surface area contributed by atoms with Gasteiger partial charge in [0.15, 0.2) is 0 Å².